The highest BCUT2D eigenvalue weighted by Crippen LogP contribution is 2.13. The van der Waals surface area contributed by atoms with Gasteiger partial charge >= 0.3 is 0 Å². The van der Waals surface area contributed by atoms with Gasteiger partial charge < -0.3 is 9.47 Å². The molecule has 3 heteroatoms. The zero-order valence-corrected chi connectivity index (χ0v) is 24.7. The van der Waals surface area contributed by atoms with Gasteiger partial charge in [-0.3, -0.25) is 0 Å². The molecular formula is C31H60O2S. The van der Waals surface area contributed by atoms with Crippen molar-refractivity contribution in [3.05, 3.63) is 35.9 Å². The van der Waals surface area contributed by atoms with E-state index in [1.54, 1.807) is 0 Å². The third-order valence-electron chi connectivity index (χ3n) is 5.63. The molecule has 0 aliphatic carbocycles. The van der Waals surface area contributed by atoms with Gasteiger partial charge in [0.05, 0.1) is 19.3 Å². The van der Waals surface area contributed by atoms with Crippen LogP contribution in [0.2, 0.25) is 0 Å². The van der Waals surface area contributed by atoms with Crippen LogP contribution in [0.4, 0.5) is 0 Å². The van der Waals surface area contributed by atoms with Crippen LogP contribution in [-0.4, -0.2) is 31.3 Å². The lowest BCUT2D eigenvalue weighted by atomic mass is 10.1. The highest BCUT2D eigenvalue weighted by molar-refractivity contribution is 7.98. The molecule has 2 nitrogen and oxygen atoms in total. The van der Waals surface area contributed by atoms with Crippen molar-refractivity contribution in [1.29, 1.82) is 0 Å². The third-order valence-corrected chi connectivity index (χ3v) is 6.33. The second-order valence-corrected chi connectivity index (χ2v) is 9.50. The Labute approximate surface area is 219 Å². The molecule has 1 unspecified atom stereocenters. The van der Waals surface area contributed by atoms with Crippen molar-refractivity contribution in [3.8, 4) is 0 Å². The normalized spacial score (nSPS) is 11.2. The molecule has 1 aromatic carbocycles. The molecule has 0 heterocycles. The van der Waals surface area contributed by atoms with E-state index >= 15 is 0 Å². The maximum atomic E-state index is 6.07. The van der Waals surface area contributed by atoms with E-state index in [0.717, 1.165) is 26.1 Å². The molecule has 1 rings (SSSR count). The van der Waals surface area contributed by atoms with E-state index in [1.807, 2.05) is 45.5 Å². The summed E-state index contributed by atoms with van der Waals surface area (Å²) < 4.78 is 12.0. The third kappa shape index (κ3) is 26.1. The smallest absolute Gasteiger partial charge is 0.0812 e. The van der Waals surface area contributed by atoms with Crippen molar-refractivity contribution >= 4 is 11.8 Å². The molecule has 0 bridgehead atoms. The summed E-state index contributed by atoms with van der Waals surface area (Å²) >= 11 is 1.98. The molecule has 0 aromatic heterocycles. The van der Waals surface area contributed by atoms with Gasteiger partial charge in [-0.25, -0.2) is 0 Å². The van der Waals surface area contributed by atoms with Gasteiger partial charge in [0.2, 0.25) is 0 Å². The van der Waals surface area contributed by atoms with Crippen LogP contribution in [0.3, 0.4) is 0 Å². The second kappa shape index (κ2) is 32.5. The summed E-state index contributed by atoms with van der Waals surface area (Å²) in [5.74, 6) is 1.34. The van der Waals surface area contributed by atoms with E-state index in [4.69, 9.17) is 9.47 Å². The number of ether oxygens (including phenoxy) is 2. The summed E-state index contributed by atoms with van der Waals surface area (Å²) in [4.78, 5) is 0. The summed E-state index contributed by atoms with van der Waals surface area (Å²) in [6, 6.07) is 10.4. The lowest BCUT2D eigenvalue weighted by Gasteiger charge is -2.17. The fraction of sp³-hybridized carbons (Fsp3) is 0.806. The van der Waals surface area contributed by atoms with Crippen molar-refractivity contribution in [1.82, 2.24) is 0 Å². The Morgan fingerprint density at radius 2 is 1.21 bits per heavy atom. The summed E-state index contributed by atoms with van der Waals surface area (Å²) in [6.07, 6.45) is 21.3. The second-order valence-electron chi connectivity index (χ2n) is 8.52. The van der Waals surface area contributed by atoms with Gasteiger partial charge in [-0.05, 0) is 36.8 Å². The molecule has 0 saturated heterocycles. The Hall–Kier alpha value is -0.510. The van der Waals surface area contributed by atoms with Crippen molar-refractivity contribution in [2.75, 3.05) is 25.2 Å². The van der Waals surface area contributed by atoms with Crippen LogP contribution in [0, 0.1) is 0 Å². The average molecular weight is 497 g/mol. The molecule has 0 aliphatic rings. The molecule has 1 atom stereocenters. The van der Waals surface area contributed by atoms with Gasteiger partial charge in [-0.2, -0.15) is 11.8 Å². The molecule has 0 aliphatic heterocycles. The van der Waals surface area contributed by atoms with Gasteiger partial charge in [-0.15, -0.1) is 0 Å². The Morgan fingerprint density at radius 1 is 0.706 bits per heavy atom. The molecule has 0 N–H and O–H groups in total. The van der Waals surface area contributed by atoms with Crippen molar-refractivity contribution in [2.45, 2.75) is 137 Å². The van der Waals surface area contributed by atoms with Gasteiger partial charge in [0, 0.05) is 6.61 Å². The molecule has 0 spiro atoms. The SMILES string of the molecule is CC.CC.CCCC(COCCCCCCCCCCCCCCSC)OCc1ccccc1. The predicted molar refractivity (Wildman–Crippen MR) is 157 cm³/mol. The number of thioether (sulfide) groups is 1. The molecule has 0 saturated carbocycles. The van der Waals surface area contributed by atoms with Crippen LogP contribution >= 0.6 is 11.8 Å². The van der Waals surface area contributed by atoms with Gasteiger partial charge in [0.15, 0.2) is 0 Å². The van der Waals surface area contributed by atoms with E-state index in [2.05, 4.69) is 37.4 Å². The summed E-state index contributed by atoms with van der Waals surface area (Å²) in [5.41, 5.74) is 1.24. The van der Waals surface area contributed by atoms with Crippen LogP contribution in [0.15, 0.2) is 30.3 Å². The topological polar surface area (TPSA) is 18.5 Å². The molecule has 1 aromatic rings. The molecule has 202 valence electrons. The average Bonchev–Trinajstić information content (AvgIpc) is 2.90. The quantitative estimate of drug-likeness (QED) is 0.149. The maximum absolute atomic E-state index is 6.07. The van der Waals surface area contributed by atoms with E-state index in [-0.39, 0.29) is 6.10 Å². The standard InChI is InChI=1S/C27H48O2S.2C2H6/c1-3-19-27(29-24-26-20-15-14-16-21-26)25-28-22-17-12-10-8-6-4-5-7-9-11-13-18-23-30-2;2*1-2/h14-16,20-21,27H,3-13,17-19,22-25H2,1-2H3;2*1-2H3. The van der Waals surface area contributed by atoms with Crippen molar-refractivity contribution < 1.29 is 9.47 Å². The monoisotopic (exact) mass is 496 g/mol. The van der Waals surface area contributed by atoms with E-state index in [0.29, 0.717) is 6.61 Å². The molecule has 0 fully saturated rings. The first-order valence-corrected chi connectivity index (χ1v) is 16.0. The minimum atomic E-state index is 0.223. The predicted octanol–water partition coefficient (Wildman–Crippen LogP) is 10.5. The van der Waals surface area contributed by atoms with Crippen LogP contribution in [-0.2, 0) is 16.1 Å². The lowest BCUT2D eigenvalue weighted by Crippen LogP contribution is -2.20. The Kier molecular flexibility index (Phi) is 34.1. The highest BCUT2D eigenvalue weighted by atomic mass is 32.2. The van der Waals surface area contributed by atoms with Crippen LogP contribution in [0.1, 0.15) is 130 Å². The molecule has 0 amide bonds. The van der Waals surface area contributed by atoms with Crippen molar-refractivity contribution in [3.63, 3.8) is 0 Å². The maximum Gasteiger partial charge on any atom is 0.0812 e. The fourth-order valence-electron chi connectivity index (χ4n) is 3.76. The number of rotatable bonds is 22. The first-order chi connectivity index (χ1) is 16.9. The summed E-state index contributed by atoms with van der Waals surface area (Å²) in [5, 5.41) is 0. The minimum absolute atomic E-state index is 0.223. The molecule has 34 heavy (non-hydrogen) atoms. The van der Waals surface area contributed by atoms with Gasteiger partial charge in [-0.1, -0.05) is 136 Å². The van der Waals surface area contributed by atoms with E-state index in [1.165, 1.54) is 88.4 Å². The lowest BCUT2D eigenvalue weighted by molar-refractivity contribution is -0.0295. The largest absolute Gasteiger partial charge is 0.379 e. The number of benzene rings is 1. The number of hydrogen-bond acceptors (Lipinski definition) is 3. The highest BCUT2D eigenvalue weighted by Gasteiger charge is 2.08. The van der Waals surface area contributed by atoms with Crippen LogP contribution in [0.5, 0.6) is 0 Å². The zero-order chi connectivity index (χ0) is 25.5. The zero-order valence-electron chi connectivity index (χ0n) is 23.9. The summed E-state index contributed by atoms with van der Waals surface area (Å²) in [7, 11) is 0. The molecule has 0 radical (unpaired) electrons. The minimum Gasteiger partial charge on any atom is -0.379 e. The van der Waals surface area contributed by atoms with Crippen LogP contribution < -0.4 is 0 Å². The Morgan fingerprint density at radius 3 is 1.71 bits per heavy atom. The Balaban J connectivity index is 0. The number of unbranched alkanes of at least 4 members (excludes halogenated alkanes) is 11. The Bertz CT molecular complexity index is 452. The number of hydrogen-bond donors (Lipinski definition) is 0. The molecular weight excluding hydrogens is 436 g/mol. The van der Waals surface area contributed by atoms with E-state index < -0.39 is 0 Å². The van der Waals surface area contributed by atoms with Gasteiger partial charge in [0.1, 0.15) is 0 Å². The van der Waals surface area contributed by atoms with Gasteiger partial charge in [0.25, 0.3) is 0 Å². The first kappa shape index (κ1) is 35.7. The van der Waals surface area contributed by atoms with E-state index in [9.17, 15) is 0 Å². The van der Waals surface area contributed by atoms with Crippen molar-refractivity contribution in [2.24, 2.45) is 0 Å². The van der Waals surface area contributed by atoms with Crippen LogP contribution in [0.25, 0.3) is 0 Å². The first-order valence-electron chi connectivity index (χ1n) is 14.6. The summed E-state index contributed by atoms with van der Waals surface area (Å²) in [6.45, 7) is 12.5. The fourth-order valence-corrected chi connectivity index (χ4v) is 4.25.